The minimum absolute atomic E-state index is 0.0758. The lowest BCUT2D eigenvalue weighted by Gasteiger charge is -2.13. The minimum atomic E-state index is -0.569. The standard InChI is InChI=1S/C14H18N2O2/c1-3-11(12-7-5-4-6-8-12)9-10-13(16-15)14(17)18-2/h4-8,11H,3,9-10H2,1-2H3. The number of esters is 1. The quantitative estimate of drug-likeness (QED) is 0.335. The maximum atomic E-state index is 11.3. The Hall–Kier alpha value is -1.93. The molecule has 96 valence electrons. The summed E-state index contributed by atoms with van der Waals surface area (Å²) in [6, 6.07) is 10.1. The Kier molecular flexibility index (Phi) is 5.81. The molecule has 0 bridgehead atoms. The second-order valence-electron chi connectivity index (χ2n) is 4.09. The van der Waals surface area contributed by atoms with Crippen LogP contribution in [0.2, 0.25) is 0 Å². The van der Waals surface area contributed by atoms with Crippen molar-refractivity contribution in [1.82, 2.24) is 0 Å². The molecule has 1 aromatic carbocycles. The van der Waals surface area contributed by atoms with Crippen LogP contribution in [0.15, 0.2) is 30.3 Å². The third-order valence-corrected chi connectivity index (χ3v) is 3.04. The van der Waals surface area contributed by atoms with Crippen LogP contribution in [0.5, 0.6) is 0 Å². The third kappa shape index (κ3) is 3.82. The van der Waals surface area contributed by atoms with Crippen LogP contribution in [0.4, 0.5) is 0 Å². The van der Waals surface area contributed by atoms with Crippen LogP contribution in [0.25, 0.3) is 5.53 Å². The molecule has 0 fully saturated rings. The molecule has 1 unspecified atom stereocenters. The fraction of sp³-hybridized carbons (Fsp3) is 0.429. The SMILES string of the molecule is CCC(CCC(=[N+]=[N-])C(=O)OC)c1ccccc1. The highest BCUT2D eigenvalue weighted by atomic mass is 16.5. The number of nitrogens with zero attached hydrogens (tertiary/aromatic N) is 2. The van der Waals surface area contributed by atoms with Crippen LogP contribution < -0.4 is 0 Å². The van der Waals surface area contributed by atoms with Gasteiger partial charge in [0, 0.05) is 0 Å². The second-order valence-corrected chi connectivity index (χ2v) is 4.09. The Bertz CT molecular complexity index is 436. The van der Waals surface area contributed by atoms with E-state index in [4.69, 9.17) is 5.53 Å². The molecule has 0 aliphatic heterocycles. The lowest BCUT2D eigenvalue weighted by Crippen LogP contribution is -2.17. The van der Waals surface area contributed by atoms with E-state index in [1.165, 1.54) is 12.7 Å². The monoisotopic (exact) mass is 246 g/mol. The lowest BCUT2D eigenvalue weighted by atomic mass is 9.91. The van der Waals surface area contributed by atoms with Crippen molar-refractivity contribution in [2.45, 2.75) is 32.1 Å². The second kappa shape index (κ2) is 7.41. The van der Waals surface area contributed by atoms with Gasteiger partial charge in [0.25, 0.3) is 0 Å². The van der Waals surface area contributed by atoms with Gasteiger partial charge in [-0.1, -0.05) is 37.3 Å². The van der Waals surface area contributed by atoms with Gasteiger partial charge in [0.2, 0.25) is 0 Å². The Morgan fingerprint density at radius 3 is 2.56 bits per heavy atom. The zero-order valence-electron chi connectivity index (χ0n) is 10.8. The summed E-state index contributed by atoms with van der Waals surface area (Å²) < 4.78 is 4.55. The molecule has 0 heterocycles. The highest BCUT2D eigenvalue weighted by molar-refractivity contribution is 6.33. The number of benzene rings is 1. The van der Waals surface area contributed by atoms with E-state index in [2.05, 4.69) is 28.6 Å². The zero-order chi connectivity index (χ0) is 13.4. The van der Waals surface area contributed by atoms with Crippen LogP contribution in [-0.4, -0.2) is 23.6 Å². The van der Waals surface area contributed by atoms with Crippen molar-refractivity contribution < 1.29 is 14.3 Å². The Morgan fingerprint density at radius 2 is 2.06 bits per heavy atom. The first-order valence-corrected chi connectivity index (χ1v) is 6.07. The van der Waals surface area contributed by atoms with Crippen LogP contribution in [0, 0.1) is 0 Å². The fourth-order valence-corrected chi connectivity index (χ4v) is 1.95. The normalized spacial score (nSPS) is 11.4. The third-order valence-electron chi connectivity index (χ3n) is 3.04. The first-order valence-electron chi connectivity index (χ1n) is 6.07. The van der Waals surface area contributed by atoms with Crippen molar-refractivity contribution in [3.05, 3.63) is 41.4 Å². The van der Waals surface area contributed by atoms with Crippen molar-refractivity contribution >= 4 is 11.7 Å². The van der Waals surface area contributed by atoms with Crippen molar-refractivity contribution in [3.63, 3.8) is 0 Å². The molecule has 0 spiro atoms. The van der Waals surface area contributed by atoms with E-state index in [1.54, 1.807) is 0 Å². The molecular formula is C14H18N2O2. The molecule has 0 saturated heterocycles. The predicted molar refractivity (Wildman–Crippen MR) is 69.4 cm³/mol. The molecular weight excluding hydrogens is 228 g/mol. The van der Waals surface area contributed by atoms with Gasteiger partial charge >= 0.3 is 11.7 Å². The topological polar surface area (TPSA) is 62.7 Å². The number of methoxy groups -OCH3 is 1. The van der Waals surface area contributed by atoms with Gasteiger partial charge in [0.15, 0.2) is 0 Å². The molecule has 4 heteroatoms. The molecule has 0 aromatic heterocycles. The van der Waals surface area contributed by atoms with E-state index in [0.717, 1.165) is 12.8 Å². The fourth-order valence-electron chi connectivity index (χ4n) is 1.95. The van der Waals surface area contributed by atoms with Gasteiger partial charge in [-0.15, -0.1) is 0 Å². The Balaban J connectivity index is 2.66. The average molecular weight is 246 g/mol. The van der Waals surface area contributed by atoms with E-state index >= 15 is 0 Å². The molecule has 0 amide bonds. The van der Waals surface area contributed by atoms with Crippen LogP contribution in [0.3, 0.4) is 0 Å². The number of ether oxygens (including phenoxy) is 1. The van der Waals surface area contributed by atoms with Gasteiger partial charge in [-0.3, -0.25) is 0 Å². The summed E-state index contributed by atoms with van der Waals surface area (Å²) in [4.78, 5) is 14.3. The first-order chi connectivity index (χ1) is 8.72. The van der Waals surface area contributed by atoms with Gasteiger partial charge < -0.3 is 10.3 Å². The largest absolute Gasteiger partial charge is 0.460 e. The minimum Gasteiger partial charge on any atom is -0.460 e. The van der Waals surface area contributed by atoms with Crippen LogP contribution in [-0.2, 0) is 9.53 Å². The summed E-state index contributed by atoms with van der Waals surface area (Å²) in [6.07, 6.45) is 2.15. The van der Waals surface area contributed by atoms with Crippen LogP contribution >= 0.6 is 0 Å². The number of carbonyl (C=O) groups excluding carboxylic acids is 1. The summed E-state index contributed by atoms with van der Waals surface area (Å²) >= 11 is 0. The van der Waals surface area contributed by atoms with E-state index in [0.29, 0.717) is 12.3 Å². The highest BCUT2D eigenvalue weighted by Crippen LogP contribution is 2.24. The van der Waals surface area contributed by atoms with Crippen LogP contribution in [0.1, 0.15) is 37.7 Å². The van der Waals surface area contributed by atoms with E-state index < -0.39 is 5.97 Å². The molecule has 0 aliphatic carbocycles. The number of hydrogen-bond acceptors (Lipinski definition) is 2. The molecule has 0 N–H and O–H groups in total. The number of hydrogen-bond donors (Lipinski definition) is 0. The predicted octanol–water partition coefficient (Wildman–Crippen LogP) is 2.80. The first kappa shape index (κ1) is 14.1. The van der Waals surface area contributed by atoms with E-state index in [-0.39, 0.29) is 5.71 Å². The molecule has 0 radical (unpaired) electrons. The van der Waals surface area contributed by atoms with E-state index in [1.807, 2.05) is 18.2 Å². The van der Waals surface area contributed by atoms with Crippen molar-refractivity contribution in [3.8, 4) is 0 Å². The van der Waals surface area contributed by atoms with Gasteiger partial charge in [-0.25, -0.2) is 4.79 Å². The smallest absolute Gasteiger partial charge is 0.416 e. The van der Waals surface area contributed by atoms with Crippen molar-refractivity contribution in [2.75, 3.05) is 7.11 Å². The molecule has 18 heavy (non-hydrogen) atoms. The van der Waals surface area contributed by atoms with Gasteiger partial charge in [0.05, 0.1) is 13.5 Å². The van der Waals surface area contributed by atoms with Gasteiger partial charge in [-0.2, -0.15) is 4.79 Å². The number of carbonyl (C=O) groups is 1. The summed E-state index contributed by atoms with van der Waals surface area (Å²) in [5.74, 6) is -0.215. The average Bonchev–Trinajstić information content (AvgIpc) is 2.44. The van der Waals surface area contributed by atoms with Crippen molar-refractivity contribution in [1.29, 1.82) is 0 Å². The molecule has 1 rings (SSSR count). The molecule has 1 aromatic rings. The van der Waals surface area contributed by atoms with Gasteiger partial charge in [-0.05, 0) is 24.3 Å². The maximum absolute atomic E-state index is 11.3. The Morgan fingerprint density at radius 1 is 1.39 bits per heavy atom. The Labute approximate surface area is 107 Å². The van der Waals surface area contributed by atoms with Crippen molar-refractivity contribution in [2.24, 2.45) is 0 Å². The summed E-state index contributed by atoms with van der Waals surface area (Å²) in [5.41, 5.74) is 10.1. The summed E-state index contributed by atoms with van der Waals surface area (Å²) in [5, 5.41) is 0. The van der Waals surface area contributed by atoms with Gasteiger partial charge in [0.1, 0.15) is 0 Å². The molecule has 1 atom stereocenters. The summed E-state index contributed by atoms with van der Waals surface area (Å²) in [7, 11) is 1.28. The molecule has 0 aliphatic rings. The number of rotatable bonds is 6. The van der Waals surface area contributed by atoms with E-state index in [9.17, 15) is 4.79 Å². The highest BCUT2D eigenvalue weighted by Gasteiger charge is 2.22. The summed E-state index contributed by atoms with van der Waals surface area (Å²) in [6.45, 7) is 2.10. The lowest BCUT2D eigenvalue weighted by molar-refractivity contribution is -0.137. The zero-order valence-corrected chi connectivity index (χ0v) is 10.8. The molecule has 4 nitrogen and oxygen atoms in total. The molecule has 0 saturated carbocycles. The maximum Gasteiger partial charge on any atom is 0.416 e.